The Morgan fingerprint density at radius 2 is 2.07 bits per heavy atom. The molecule has 15 heavy (non-hydrogen) atoms. The summed E-state index contributed by atoms with van der Waals surface area (Å²) in [5, 5.41) is 1.54. The van der Waals surface area contributed by atoms with E-state index in [9.17, 15) is 0 Å². The second-order valence-corrected chi connectivity index (χ2v) is 6.04. The van der Waals surface area contributed by atoms with E-state index in [4.69, 9.17) is 16.3 Å². The summed E-state index contributed by atoms with van der Waals surface area (Å²) in [4.78, 5) is 0. The Morgan fingerprint density at radius 3 is 2.67 bits per heavy atom. The van der Waals surface area contributed by atoms with Crippen LogP contribution in [0.2, 0.25) is 5.02 Å². The van der Waals surface area contributed by atoms with Crippen LogP contribution in [0.4, 0.5) is 0 Å². The first-order chi connectivity index (χ1) is 6.94. The molecule has 0 aromatic heterocycles. The summed E-state index contributed by atoms with van der Waals surface area (Å²) in [7, 11) is 0. The van der Waals surface area contributed by atoms with E-state index in [0.717, 1.165) is 15.6 Å². The Morgan fingerprint density at radius 1 is 1.40 bits per heavy atom. The fourth-order valence-electron chi connectivity index (χ4n) is 0.900. The summed E-state index contributed by atoms with van der Waals surface area (Å²) in [6, 6.07) is 5.60. The zero-order valence-corrected chi connectivity index (χ0v) is 12.6. The van der Waals surface area contributed by atoms with Crippen LogP contribution in [-0.2, 0) is 0 Å². The van der Waals surface area contributed by atoms with Gasteiger partial charge in [-0.2, -0.15) is 0 Å². The lowest BCUT2D eigenvalue weighted by Crippen LogP contribution is -2.22. The van der Waals surface area contributed by atoms with Crippen molar-refractivity contribution >= 4 is 43.5 Å². The summed E-state index contributed by atoms with van der Waals surface area (Å²) in [5.41, 5.74) is 0.103. The predicted molar refractivity (Wildman–Crippen MR) is 72.2 cm³/mol. The van der Waals surface area contributed by atoms with Gasteiger partial charge in [-0.05, 0) is 18.2 Å². The van der Waals surface area contributed by atoms with Crippen LogP contribution >= 0.6 is 43.5 Å². The van der Waals surface area contributed by atoms with Gasteiger partial charge in [0.1, 0.15) is 5.75 Å². The molecule has 1 aromatic rings. The van der Waals surface area contributed by atoms with Crippen LogP contribution in [0.3, 0.4) is 0 Å². The maximum absolute atomic E-state index is 6.01. The molecule has 0 atom stereocenters. The van der Waals surface area contributed by atoms with Crippen molar-refractivity contribution in [1.29, 1.82) is 0 Å². The lowest BCUT2D eigenvalue weighted by molar-refractivity contribution is 0.203. The van der Waals surface area contributed by atoms with Gasteiger partial charge >= 0.3 is 0 Å². The Labute approximate surface area is 112 Å². The van der Waals surface area contributed by atoms with Crippen molar-refractivity contribution in [2.45, 2.75) is 13.8 Å². The minimum absolute atomic E-state index is 0.103. The lowest BCUT2D eigenvalue weighted by Gasteiger charge is -2.22. The third-order valence-electron chi connectivity index (χ3n) is 1.87. The first-order valence-corrected chi connectivity index (χ1v) is 6.88. The Kier molecular flexibility index (Phi) is 4.94. The molecule has 1 rings (SSSR count). The van der Waals surface area contributed by atoms with E-state index >= 15 is 0 Å². The topological polar surface area (TPSA) is 9.23 Å². The van der Waals surface area contributed by atoms with Crippen molar-refractivity contribution in [1.82, 2.24) is 0 Å². The summed E-state index contributed by atoms with van der Waals surface area (Å²) in [6.07, 6.45) is 0. The Balaban J connectivity index is 2.69. The zero-order valence-electron chi connectivity index (χ0n) is 8.69. The molecule has 0 bridgehead atoms. The van der Waals surface area contributed by atoms with Gasteiger partial charge in [-0.25, -0.2) is 0 Å². The third-order valence-corrected chi connectivity index (χ3v) is 4.20. The zero-order chi connectivity index (χ0) is 11.5. The van der Waals surface area contributed by atoms with Crippen LogP contribution in [0.5, 0.6) is 5.75 Å². The average molecular weight is 356 g/mol. The Bertz CT molecular complexity index is 339. The van der Waals surface area contributed by atoms with Gasteiger partial charge in [0.25, 0.3) is 0 Å². The van der Waals surface area contributed by atoms with Gasteiger partial charge in [0.15, 0.2) is 0 Å². The number of hydrogen-bond donors (Lipinski definition) is 0. The number of halogens is 3. The molecule has 0 fully saturated rings. The van der Waals surface area contributed by atoms with E-state index in [1.54, 1.807) is 0 Å². The fourth-order valence-corrected chi connectivity index (χ4v) is 1.57. The van der Waals surface area contributed by atoms with Crippen molar-refractivity contribution in [3.63, 3.8) is 0 Å². The minimum atomic E-state index is 0.103. The largest absolute Gasteiger partial charge is 0.491 e. The first-order valence-electron chi connectivity index (χ1n) is 4.58. The van der Waals surface area contributed by atoms with E-state index in [1.165, 1.54) is 0 Å². The van der Waals surface area contributed by atoms with Crippen LogP contribution in [0.15, 0.2) is 22.7 Å². The molecule has 0 saturated heterocycles. The van der Waals surface area contributed by atoms with Crippen LogP contribution in [0, 0.1) is 5.41 Å². The second kappa shape index (κ2) is 5.55. The van der Waals surface area contributed by atoms with Gasteiger partial charge < -0.3 is 4.74 Å². The minimum Gasteiger partial charge on any atom is -0.491 e. The van der Waals surface area contributed by atoms with Crippen LogP contribution < -0.4 is 4.74 Å². The lowest BCUT2D eigenvalue weighted by atomic mass is 9.98. The Hall–Kier alpha value is 0.270. The van der Waals surface area contributed by atoms with Crippen molar-refractivity contribution in [3.05, 3.63) is 27.7 Å². The highest BCUT2D eigenvalue weighted by Gasteiger charge is 2.17. The first kappa shape index (κ1) is 13.3. The highest BCUT2D eigenvalue weighted by Crippen LogP contribution is 2.29. The predicted octanol–water partition coefficient (Wildman–Crippen LogP) is 4.90. The standard InChI is InChI=1S/C11H13Br2ClO/c1-11(2,6-12)7-15-10-5-8(13)3-4-9(10)14/h3-5H,6-7H2,1-2H3. The second-order valence-electron chi connectivity index (χ2n) is 4.16. The molecule has 0 N–H and O–H groups in total. The van der Waals surface area contributed by atoms with Gasteiger partial charge in [-0.1, -0.05) is 57.3 Å². The molecule has 0 aliphatic heterocycles. The summed E-state index contributed by atoms with van der Waals surface area (Å²) < 4.78 is 6.65. The van der Waals surface area contributed by atoms with Gasteiger partial charge in [0, 0.05) is 15.2 Å². The molecule has 84 valence electrons. The van der Waals surface area contributed by atoms with E-state index in [1.807, 2.05) is 18.2 Å². The van der Waals surface area contributed by atoms with E-state index < -0.39 is 0 Å². The molecule has 1 nitrogen and oxygen atoms in total. The molecule has 0 amide bonds. The molecule has 0 radical (unpaired) electrons. The number of rotatable bonds is 4. The van der Waals surface area contributed by atoms with Crippen LogP contribution in [-0.4, -0.2) is 11.9 Å². The van der Waals surface area contributed by atoms with E-state index in [2.05, 4.69) is 45.7 Å². The average Bonchev–Trinajstić information content (AvgIpc) is 2.20. The third kappa shape index (κ3) is 4.33. The summed E-state index contributed by atoms with van der Waals surface area (Å²) >= 11 is 12.9. The van der Waals surface area contributed by atoms with Crippen LogP contribution in [0.1, 0.15) is 13.8 Å². The van der Waals surface area contributed by atoms with Crippen molar-refractivity contribution in [2.75, 3.05) is 11.9 Å². The molecule has 1 aromatic carbocycles. The maximum atomic E-state index is 6.01. The van der Waals surface area contributed by atoms with Crippen molar-refractivity contribution < 1.29 is 4.74 Å². The van der Waals surface area contributed by atoms with Gasteiger partial charge in [0.2, 0.25) is 0 Å². The molecule has 0 heterocycles. The highest BCUT2D eigenvalue weighted by atomic mass is 79.9. The molecular formula is C11H13Br2ClO. The quantitative estimate of drug-likeness (QED) is 0.697. The maximum Gasteiger partial charge on any atom is 0.139 e. The molecule has 0 aliphatic carbocycles. The molecule has 0 aliphatic rings. The molecule has 0 unspecified atom stereocenters. The van der Waals surface area contributed by atoms with Crippen molar-refractivity contribution in [3.8, 4) is 5.75 Å². The highest BCUT2D eigenvalue weighted by molar-refractivity contribution is 9.10. The summed E-state index contributed by atoms with van der Waals surface area (Å²) in [6.45, 7) is 4.90. The number of benzene rings is 1. The fraction of sp³-hybridized carbons (Fsp3) is 0.455. The normalized spacial score (nSPS) is 11.5. The van der Waals surface area contributed by atoms with Gasteiger partial charge in [-0.3, -0.25) is 0 Å². The summed E-state index contributed by atoms with van der Waals surface area (Å²) in [5.74, 6) is 0.722. The number of alkyl halides is 1. The molecular weight excluding hydrogens is 343 g/mol. The van der Waals surface area contributed by atoms with E-state index in [0.29, 0.717) is 11.6 Å². The molecule has 4 heteroatoms. The number of ether oxygens (including phenoxy) is 1. The smallest absolute Gasteiger partial charge is 0.139 e. The monoisotopic (exact) mass is 354 g/mol. The van der Waals surface area contributed by atoms with Crippen molar-refractivity contribution in [2.24, 2.45) is 5.41 Å². The van der Waals surface area contributed by atoms with E-state index in [-0.39, 0.29) is 5.41 Å². The molecule has 0 saturated carbocycles. The van der Waals surface area contributed by atoms with Gasteiger partial charge in [0.05, 0.1) is 11.6 Å². The van der Waals surface area contributed by atoms with Gasteiger partial charge in [-0.15, -0.1) is 0 Å². The van der Waals surface area contributed by atoms with Crippen LogP contribution in [0.25, 0.3) is 0 Å². The SMILES string of the molecule is CC(C)(CBr)COc1cc(Br)ccc1Cl. The molecule has 0 spiro atoms. The number of hydrogen-bond acceptors (Lipinski definition) is 1.